The minimum atomic E-state index is -0.411. The molecule has 3 nitrogen and oxygen atoms in total. The van der Waals surface area contributed by atoms with Crippen molar-refractivity contribution in [1.29, 1.82) is 0 Å². The number of hydrogen-bond acceptors (Lipinski definition) is 2. The summed E-state index contributed by atoms with van der Waals surface area (Å²) in [6.07, 6.45) is 0. The molecule has 4 heteroatoms. The van der Waals surface area contributed by atoms with Gasteiger partial charge < -0.3 is 10.2 Å². The molecule has 0 fully saturated rings. The van der Waals surface area contributed by atoms with Crippen LogP contribution in [0.3, 0.4) is 0 Å². The minimum absolute atomic E-state index is 0.236. The van der Waals surface area contributed by atoms with Gasteiger partial charge >= 0.3 is 0 Å². The van der Waals surface area contributed by atoms with Crippen LogP contribution in [-0.4, -0.2) is 19.5 Å². The fraction of sp³-hybridized carbons (Fsp3) is 0.235. The second-order valence-corrected chi connectivity index (χ2v) is 4.89. The van der Waals surface area contributed by atoms with Crippen molar-refractivity contribution in [3.63, 3.8) is 0 Å². The van der Waals surface area contributed by atoms with Gasteiger partial charge in [0.1, 0.15) is 5.82 Å². The number of nitrogens with one attached hydrogen (secondary N) is 1. The standard InChI is InChI=1S/C17H19FN2O/c1-4-19-15-10-9-12(2)11-13(15)17(21)20(3)16-8-6-5-7-14(16)18/h5-11,19H,4H2,1-3H3. The Bertz CT molecular complexity index is 655. The van der Waals surface area contributed by atoms with Crippen LogP contribution in [-0.2, 0) is 0 Å². The van der Waals surface area contributed by atoms with E-state index < -0.39 is 5.82 Å². The number of benzene rings is 2. The Labute approximate surface area is 124 Å². The van der Waals surface area contributed by atoms with Crippen molar-refractivity contribution in [2.24, 2.45) is 0 Å². The summed E-state index contributed by atoms with van der Waals surface area (Å²) in [5.41, 5.74) is 2.56. The van der Waals surface area contributed by atoms with Crippen LogP contribution < -0.4 is 10.2 Å². The molecule has 0 atom stereocenters. The molecule has 0 saturated heterocycles. The first-order valence-electron chi connectivity index (χ1n) is 6.91. The highest BCUT2D eigenvalue weighted by Gasteiger charge is 2.19. The number of amides is 1. The number of anilines is 2. The number of carbonyl (C=O) groups is 1. The van der Waals surface area contributed by atoms with Gasteiger partial charge in [-0.25, -0.2) is 4.39 Å². The van der Waals surface area contributed by atoms with Crippen molar-refractivity contribution in [3.8, 4) is 0 Å². The average molecular weight is 286 g/mol. The first-order chi connectivity index (χ1) is 10.0. The molecular weight excluding hydrogens is 267 g/mol. The second-order valence-electron chi connectivity index (χ2n) is 4.89. The van der Waals surface area contributed by atoms with E-state index in [-0.39, 0.29) is 11.6 Å². The van der Waals surface area contributed by atoms with Crippen LogP contribution in [0.15, 0.2) is 42.5 Å². The van der Waals surface area contributed by atoms with Crippen molar-refractivity contribution in [3.05, 3.63) is 59.4 Å². The zero-order valence-electron chi connectivity index (χ0n) is 12.5. The number of nitrogens with zero attached hydrogens (tertiary/aromatic N) is 1. The van der Waals surface area contributed by atoms with E-state index in [9.17, 15) is 9.18 Å². The fourth-order valence-corrected chi connectivity index (χ4v) is 2.19. The van der Waals surface area contributed by atoms with Crippen LogP contribution in [0, 0.1) is 12.7 Å². The van der Waals surface area contributed by atoms with Crippen molar-refractivity contribution in [2.75, 3.05) is 23.8 Å². The number of hydrogen-bond donors (Lipinski definition) is 1. The monoisotopic (exact) mass is 286 g/mol. The third kappa shape index (κ3) is 3.21. The lowest BCUT2D eigenvalue weighted by molar-refractivity contribution is 0.0993. The number of para-hydroxylation sites is 1. The Kier molecular flexibility index (Phi) is 4.58. The summed E-state index contributed by atoms with van der Waals surface area (Å²) in [7, 11) is 1.58. The molecule has 0 heterocycles. The van der Waals surface area contributed by atoms with E-state index in [1.807, 2.05) is 32.0 Å². The van der Waals surface area contributed by atoms with Crippen molar-refractivity contribution < 1.29 is 9.18 Å². The normalized spacial score (nSPS) is 10.3. The molecular formula is C17H19FN2O. The molecule has 0 aliphatic heterocycles. The van der Waals surface area contributed by atoms with Gasteiger partial charge in [-0.3, -0.25) is 4.79 Å². The number of rotatable bonds is 4. The largest absolute Gasteiger partial charge is 0.385 e. The van der Waals surface area contributed by atoms with Gasteiger partial charge in [0, 0.05) is 19.3 Å². The maximum Gasteiger partial charge on any atom is 0.260 e. The van der Waals surface area contributed by atoms with E-state index in [1.54, 1.807) is 25.2 Å². The summed E-state index contributed by atoms with van der Waals surface area (Å²) in [5, 5.41) is 3.16. The smallest absolute Gasteiger partial charge is 0.260 e. The van der Waals surface area contributed by atoms with Crippen molar-refractivity contribution in [2.45, 2.75) is 13.8 Å². The molecule has 2 aromatic carbocycles. The van der Waals surface area contributed by atoms with Crippen LogP contribution in [0.4, 0.5) is 15.8 Å². The molecule has 0 aromatic heterocycles. The molecule has 2 rings (SSSR count). The third-order valence-electron chi connectivity index (χ3n) is 3.29. The lowest BCUT2D eigenvalue weighted by Crippen LogP contribution is -2.28. The molecule has 2 aromatic rings. The highest BCUT2D eigenvalue weighted by molar-refractivity contribution is 6.09. The van der Waals surface area contributed by atoms with Gasteiger partial charge in [0.2, 0.25) is 0 Å². The van der Waals surface area contributed by atoms with E-state index in [2.05, 4.69) is 5.32 Å². The predicted octanol–water partition coefficient (Wildman–Crippen LogP) is 3.84. The zero-order chi connectivity index (χ0) is 15.4. The molecule has 0 saturated carbocycles. The van der Waals surface area contributed by atoms with Gasteiger partial charge in [0.15, 0.2) is 0 Å². The summed E-state index contributed by atoms with van der Waals surface area (Å²) in [6.45, 7) is 4.61. The lowest BCUT2D eigenvalue weighted by Gasteiger charge is -2.20. The Morgan fingerprint density at radius 3 is 2.62 bits per heavy atom. The van der Waals surface area contributed by atoms with Crippen LogP contribution >= 0.6 is 0 Å². The van der Waals surface area contributed by atoms with Crippen molar-refractivity contribution in [1.82, 2.24) is 0 Å². The Hall–Kier alpha value is -2.36. The molecule has 0 aliphatic carbocycles. The van der Waals surface area contributed by atoms with Gasteiger partial charge in [-0.05, 0) is 38.1 Å². The number of aryl methyl sites for hydroxylation is 1. The van der Waals surface area contributed by atoms with Crippen LogP contribution in [0.2, 0.25) is 0 Å². The summed E-state index contributed by atoms with van der Waals surface area (Å²) in [4.78, 5) is 14.0. The third-order valence-corrected chi connectivity index (χ3v) is 3.29. The first-order valence-corrected chi connectivity index (χ1v) is 6.91. The van der Waals surface area contributed by atoms with Gasteiger partial charge in [-0.2, -0.15) is 0 Å². The Balaban J connectivity index is 2.40. The SMILES string of the molecule is CCNc1ccc(C)cc1C(=O)N(C)c1ccccc1F. The summed E-state index contributed by atoms with van der Waals surface area (Å²) >= 11 is 0. The molecule has 0 unspecified atom stereocenters. The van der Waals surface area contributed by atoms with E-state index in [0.717, 1.165) is 11.3 Å². The van der Waals surface area contributed by atoms with E-state index in [1.165, 1.54) is 11.0 Å². The number of halogens is 1. The molecule has 0 bridgehead atoms. The molecule has 0 radical (unpaired) electrons. The summed E-state index contributed by atoms with van der Waals surface area (Å²) in [6, 6.07) is 11.9. The lowest BCUT2D eigenvalue weighted by atomic mass is 10.1. The van der Waals surface area contributed by atoms with Crippen LogP contribution in [0.5, 0.6) is 0 Å². The number of carbonyl (C=O) groups excluding carboxylic acids is 1. The minimum Gasteiger partial charge on any atom is -0.385 e. The fourth-order valence-electron chi connectivity index (χ4n) is 2.19. The van der Waals surface area contributed by atoms with E-state index in [4.69, 9.17) is 0 Å². The van der Waals surface area contributed by atoms with E-state index in [0.29, 0.717) is 12.1 Å². The topological polar surface area (TPSA) is 32.3 Å². The summed E-state index contributed by atoms with van der Waals surface area (Å²) < 4.78 is 13.8. The van der Waals surface area contributed by atoms with Crippen LogP contribution in [0.1, 0.15) is 22.8 Å². The van der Waals surface area contributed by atoms with Gasteiger partial charge in [-0.15, -0.1) is 0 Å². The Morgan fingerprint density at radius 1 is 1.24 bits per heavy atom. The molecule has 21 heavy (non-hydrogen) atoms. The van der Waals surface area contributed by atoms with Crippen molar-refractivity contribution >= 4 is 17.3 Å². The second kappa shape index (κ2) is 6.39. The van der Waals surface area contributed by atoms with Crippen LogP contribution in [0.25, 0.3) is 0 Å². The Morgan fingerprint density at radius 2 is 1.95 bits per heavy atom. The highest BCUT2D eigenvalue weighted by atomic mass is 19.1. The maximum absolute atomic E-state index is 13.8. The first kappa shape index (κ1) is 15.0. The predicted molar refractivity (Wildman–Crippen MR) is 84.5 cm³/mol. The van der Waals surface area contributed by atoms with Gasteiger partial charge in [0.25, 0.3) is 5.91 Å². The maximum atomic E-state index is 13.8. The molecule has 110 valence electrons. The van der Waals surface area contributed by atoms with Gasteiger partial charge in [0.05, 0.1) is 11.3 Å². The molecule has 1 N–H and O–H groups in total. The quantitative estimate of drug-likeness (QED) is 0.926. The molecule has 0 aliphatic rings. The highest BCUT2D eigenvalue weighted by Crippen LogP contribution is 2.23. The zero-order valence-corrected chi connectivity index (χ0v) is 12.5. The van der Waals surface area contributed by atoms with Gasteiger partial charge in [-0.1, -0.05) is 23.8 Å². The molecule has 0 spiro atoms. The average Bonchev–Trinajstić information content (AvgIpc) is 2.48. The van der Waals surface area contributed by atoms with E-state index >= 15 is 0 Å². The molecule has 1 amide bonds. The summed E-state index contributed by atoms with van der Waals surface area (Å²) in [5.74, 6) is -0.647.